The van der Waals surface area contributed by atoms with Crippen LogP contribution in [0.1, 0.15) is 42.5 Å². The number of pyridine rings is 1. The maximum absolute atomic E-state index is 13.2. The first-order chi connectivity index (χ1) is 13.0. The third kappa shape index (κ3) is 3.37. The molecule has 27 heavy (non-hydrogen) atoms. The summed E-state index contributed by atoms with van der Waals surface area (Å²) in [5, 5.41) is 4.91. The number of aromatic nitrogens is 1. The average molecular weight is 379 g/mol. The third-order valence-electron chi connectivity index (χ3n) is 5.13. The van der Waals surface area contributed by atoms with Crippen LogP contribution in [0.15, 0.2) is 52.1 Å². The van der Waals surface area contributed by atoms with Gasteiger partial charge in [0.25, 0.3) is 0 Å². The average Bonchev–Trinajstić information content (AvgIpc) is 3.15. The van der Waals surface area contributed by atoms with Gasteiger partial charge >= 0.3 is 0 Å². The highest BCUT2D eigenvalue weighted by Gasteiger charge is 2.42. The number of rotatable bonds is 3. The first-order valence-electron chi connectivity index (χ1n) is 9.13. The Labute approximate surface area is 162 Å². The van der Waals surface area contributed by atoms with Crippen LogP contribution in [0.4, 0.5) is 5.82 Å². The molecular weight excluding hydrogens is 358 g/mol. The second-order valence-corrected chi connectivity index (χ2v) is 8.05. The summed E-state index contributed by atoms with van der Waals surface area (Å²) in [6.45, 7) is 3.84. The Hall–Kier alpha value is -2.60. The SMILES string of the molecule is CC1=NC2=C(C(=O)CCC2)[C@H](c2cccs2)C1C(=O)Nc1cc(C)ccn1. The van der Waals surface area contributed by atoms with E-state index in [1.165, 1.54) is 0 Å². The molecule has 3 heterocycles. The Balaban J connectivity index is 1.74. The largest absolute Gasteiger partial charge is 0.310 e. The predicted octanol–water partition coefficient (Wildman–Crippen LogP) is 4.27. The molecule has 0 saturated carbocycles. The van der Waals surface area contributed by atoms with Crippen molar-refractivity contribution >= 4 is 34.6 Å². The number of Topliss-reactive ketones (excluding diaryl/α,β-unsaturated/α-hetero) is 1. The van der Waals surface area contributed by atoms with E-state index in [0.717, 1.165) is 40.3 Å². The molecule has 6 heteroatoms. The van der Waals surface area contributed by atoms with Crippen LogP contribution in [0, 0.1) is 12.8 Å². The molecule has 5 nitrogen and oxygen atoms in total. The first kappa shape index (κ1) is 17.8. The summed E-state index contributed by atoms with van der Waals surface area (Å²) >= 11 is 1.58. The van der Waals surface area contributed by atoms with Crippen molar-refractivity contribution in [3.63, 3.8) is 0 Å². The van der Waals surface area contributed by atoms with E-state index in [4.69, 9.17) is 0 Å². The fourth-order valence-electron chi connectivity index (χ4n) is 3.93. The van der Waals surface area contributed by atoms with E-state index in [9.17, 15) is 9.59 Å². The summed E-state index contributed by atoms with van der Waals surface area (Å²) in [6.07, 6.45) is 3.83. The van der Waals surface area contributed by atoms with Crippen molar-refractivity contribution in [3.8, 4) is 0 Å². The summed E-state index contributed by atoms with van der Waals surface area (Å²) in [5.41, 5.74) is 3.37. The van der Waals surface area contributed by atoms with E-state index in [1.54, 1.807) is 17.5 Å². The molecule has 0 radical (unpaired) electrons. The van der Waals surface area contributed by atoms with Crippen molar-refractivity contribution in [3.05, 3.63) is 57.6 Å². The van der Waals surface area contributed by atoms with Gasteiger partial charge < -0.3 is 5.32 Å². The van der Waals surface area contributed by atoms with E-state index >= 15 is 0 Å². The number of hydrogen-bond donors (Lipinski definition) is 1. The van der Waals surface area contributed by atoms with Crippen molar-refractivity contribution < 1.29 is 9.59 Å². The quantitative estimate of drug-likeness (QED) is 0.865. The molecule has 2 aromatic rings. The van der Waals surface area contributed by atoms with Crippen molar-refractivity contribution in [1.82, 2.24) is 4.98 Å². The Morgan fingerprint density at radius 1 is 1.26 bits per heavy atom. The van der Waals surface area contributed by atoms with Gasteiger partial charge in [0.2, 0.25) is 5.91 Å². The normalized spacial score (nSPS) is 22.3. The van der Waals surface area contributed by atoms with Gasteiger partial charge in [0.15, 0.2) is 5.78 Å². The van der Waals surface area contributed by atoms with E-state index < -0.39 is 5.92 Å². The molecule has 2 atom stereocenters. The van der Waals surface area contributed by atoms with Gasteiger partial charge in [-0.1, -0.05) is 6.07 Å². The van der Waals surface area contributed by atoms with Crippen LogP contribution in [-0.4, -0.2) is 22.4 Å². The highest BCUT2D eigenvalue weighted by Crippen LogP contribution is 2.44. The van der Waals surface area contributed by atoms with Crippen LogP contribution < -0.4 is 5.32 Å². The number of aryl methyl sites for hydroxylation is 1. The molecule has 1 amide bonds. The van der Waals surface area contributed by atoms with Gasteiger partial charge in [0, 0.05) is 40.4 Å². The summed E-state index contributed by atoms with van der Waals surface area (Å²) in [4.78, 5) is 35.9. The van der Waals surface area contributed by atoms with E-state index in [2.05, 4.69) is 15.3 Å². The maximum Gasteiger partial charge on any atom is 0.235 e. The number of anilines is 1. The van der Waals surface area contributed by atoms with Crippen molar-refractivity contribution in [2.45, 2.75) is 39.0 Å². The first-order valence-corrected chi connectivity index (χ1v) is 10.0. The number of carbonyl (C=O) groups excluding carboxylic acids is 2. The molecule has 0 spiro atoms. The molecule has 1 aliphatic heterocycles. The Kier molecular flexibility index (Phi) is 4.74. The van der Waals surface area contributed by atoms with Gasteiger partial charge in [-0.3, -0.25) is 14.6 Å². The zero-order valence-corrected chi connectivity index (χ0v) is 16.2. The lowest BCUT2D eigenvalue weighted by Gasteiger charge is -2.34. The fourth-order valence-corrected chi connectivity index (χ4v) is 4.80. The van der Waals surface area contributed by atoms with Crippen LogP contribution in [0.2, 0.25) is 0 Å². The van der Waals surface area contributed by atoms with Gasteiger partial charge in [-0.2, -0.15) is 0 Å². The monoisotopic (exact) mass is 379 g/mol. The minimum atomic E-state index is -0.508. The lowest BCUT2D eigenvalue weighted by molar-refractivity contribution is -0.119. The number of carbonyl (C=O) groups is 2. The van der Waals surface area contributed by atoms with Crippen LogP contribution in [-0.2, 0) is 9.59 Å². The molecule has 0 fully saturated rings. The molecule has 2 aliphatic rings. The number of nitrogens with one attached hydrogen (secondary N) is 1. The molecule has 0 saturated heterocycles. The summed E-state index contributed by atoms with van der Waals surface area (Å²) in [6, 6.07) is 7.69. The Morgan fingerprint density at radius 2 is 2.11 bits per heavy atom. The summed E-state index contributed by atoms with van der Waals surface area (Å²) in [5.74, 6) is -0.301. The van der Waals surface area contributed by atoms with E-state index in [1.807, 2.05) is 43.5 Å². The van der Waals surface area contributed by atoms with Crippen molar-refractivity contribution in [2.75, 3.05) is 5.32 Å². The van der Waals surface area contributed by atoms with Gasteiger partial charge in [-0.15, -0.1) is 11.3 Å². The second-order valence-electron chi connectivity index (χ2n) is 7.07. The summed E-state index contributed by atoms with van der Waals surface area (Å²) < 4.78 is 0. The highest BCUT2D eigenvalue weighted by atomic mass is 32.1. The van der Waals surface area contributed by atoms with Crippen LogP contribution in [0.5, 0.6) is 0 Å². The second kappa shape index (κ2) is 7.19. The van der Waals surface area contributed by atoms with Gasteiger partial charge in [0.05, 0.1) is 5.92 Å². The van der Waals surface area contributed by atoms with Gasteiger partial charge in [-0.05, 0) is 55.8 Å². The third-order valence-corrected chi connectivity index (χ3v) is 6.09. The fraction of sp³-hybridized carbons (Fsp3) is 0.333. The highest BCUT2D eigenvalue weighted by molar-refractivity contribution is 7.10. The van der Waals surface area contributed by atoms with E-state index in [-0.39, 0.29) is 17.6 Å². The lowest BCUT2D eigenvalue weighted by atomic mass is 9.74. The number of nitrogens with zero attached hydrogens (tertiary/aromatic N) is 2. The van der Waals surface area contributed by atoms with Crippen LogP contribution in [0.3, 0.4) is 0 Å². The van der Waals surface area contributed by atoms with Crippen molar-refractivity contribution in [2.24, 2.45) is 10.9 Å². The Bertz CT molecular complexity index is 960. The van der Waals surface area contributed by atoms with Crippen LogP contribution in [0.25, 0.3) is 0 Å². The minimum absolute atomic E-state index is 0.123. The maximum atomic E-state index is 13.2. The number of amides is 1. The zero-order chi connectivity index (χ0) is 19.0. The smallest absolute Gasteiger partial charge is 0.235 e. The van der Waals surface area contributed by atoms with Gasteiger partial charge in [-0.25, -0.2) is 4.98 Å². The molecule has 1 aliphatic carbocycles. The molecule has 1 unspecified atom stereocenters. The number of allylic oxidation sites excluding steroid dienone is 2. The predicted molar refractivity (Wildman–Crippen MR) is 107 cm³/mol. The molecule has 2 aromatic heterocycles. The minimum Gasteiger partial charge on any atom is -0.310 e. The zero-order valence-electron chi connectivity index (χ0n) is 15.4. The molecule has 0 aromatic carbocycles. The molecule has 0 bridgehead atoms. The number of aliphatic imine (C=N–C) groups is 1. The molecule has 138 valence electrons. The van der Waals surface area contributed by atoms with E-state index in [0.29, 0.717) is 12.2 Å². The molecule has 1 N–H and O–H groups in total. The van der Waals surface area contributed by atoms with Gasteiger partial charge in [0.1, 0.15) is 5.82 Å². The number of thiophene rings is 1. The van der Waals surface area contributed by atoms with Crippen molar-refractivity contribution in [1.29, 1.82) is 0 Å². The summed E-state index contributed by atoms with van der Waals surface area (Å²) in [7, 11) is 0. The number of hydrogen-bond acceptors (Lipinski definition) is 5. The molecular formula is C21H21N3O2S. The van der Waals surface area contributed by atoms with Crippen LogP contribution >= 0.6 is 11.3 Å². The molecule has 4 rings (SSSR count). The topological polar surface area (TPSA) is 71.4 Å². The lowest BCUT2D eigenvalue weighted by Crippen LogP contribution is -2.39. The number of ketones is 1. The Morgan fingerprint density at radius 3 is 2.85 bits per heavy atom. The standard InChI is InChI=1S/C21H21N3O2S/c1-12-8-9-22-17(11-12)24-21(26)18-13(2)23-14-5-3-6-15(25)19(14)20(18)16-7-4-10-27-16/h4,7-11,18,20H,3,5-6H2,1-2H3,(H,22,24,26)/t18?,20-/m1/s1.